The minimum absolute atomic E-state index is 0. The van der Waals surface area contributed by atoms with Crippen LogP contribution < -0.4 is 0 Å². The van der Waals surface area contributed by atoms with Crippen LogP contribution in [-0.2, 0) is 0 Å². The van der Waals surface area contributed by atoms with Gasteiger partial charge in [-0.3, -0.25) is 0 Å². The molecule has 38 valence electrons. The second kappa shape index (κ2) is 32.6. The molecule has 0 radical (unpaired) electrons. The molecule has 0 nitrogen and oxygen atoms in total. The summed E-state index contributed by atoms with van der Waals surface area (Å²) in [6.07, 6.45) is 3.50. The topological polar surface area (TPSA) is 0 Å². The van der Waals surface area contributed by atoms with Gasteiger partial charge in [0.15, 0.2) is 0 Å². The van der Waals surface area contributed by atoms with Gasteiger partial charge in [-0.15, -0.1) is 0 Å². The quantitative estimate of drug-likeness (QED) is 0.328. The van der Waals surface area contributed by atoms with Crippen molar-refractivity contribution in [1.82, 2.24) is 0 Å². The molecule has 0 unspecified atom stereocenters. The average Bonchev–Trinajstić information content (AvgIpc) is 1.39. The number of rotatable bonds is 0. The summed E-state index contributed by atoms with van der Waals surface area (Å²) >= 11 is 0. The molecule has 0 saturated heterocycles. The van der Waals surface area contributed by atoms with E-state index in [4.69, 9.17) is 0 Å². The van der Waals surface area contributed by atoms with Gasteiger partial charge in [0, 0.05) is 0 Å². The molecule has 1 heteroatoms. The molecule has 0 N–H and O–H groups in total. The minimum atomic E-state index is 0. The standard InChI is InChI=1S/C3H7.C3H5.Mg/c2*1-3-2;/h3H,1-2H3;3H,1-2H2;/q2*-1;+2. The molecule has 0 spiro atoms. The molecule has 0 amide bonds. The van der Waals surface area contributed by atoms with Crippen LogP contribution in [0.1, 0.15) is 13.8 Å². The van der Waals surface area contributed by atoms with Crippen molar-refractivity contribution in [2.45, 2.75) is 13.8 Å². The van der Waals surface area contributed by atoms with Crippen LogP contribution in [0.25, 0.3) is 0 Å². The Labute approximate surface area is 63.2 Å². The maximum Gasteiger partial charge on any atom is 2.00 e. The van der Waals surface area contributed by atoms with Gasteiger partial charge < -0.3 is 6.42 Å². The van der Waals surface area contributed by atoms with E-state index < -0.39 is 0 Å². The van der Waals surface area contributed by atoms with Gasteiger partial charge in [-0.1, -0.05) is 0 Å². The molecule has 0 heterocycles. The first-order valence-corrected chi connectivity index (χ1v) is 1.97. The summed E-state index contributed by atoms with van der Waals surface area (Å²) in [4.78, 5) is 0. The Morgan fingerprint density at radius 2 is 1.57 bits per heavy atom. The molecular formula is C6H12Mg. The van der Waals surface area contributed by atoms with E-state index in [2.05, 4.69) is 13.5 Å². The minimum Gasteiger partial charge on any atom is -0.335 e. The van der Waals surface area contributed by atoms with E-state index in [1.54, 1.807) is 0 Å². The second-order valence-electron chi connectivity index (χ2n) is 0.866. The zero-order chi connectivity index (χ0) is 5.41. The van der Waals surface area contributed by atoms with Gasteiger partial charge in [-0.05, 0) is 0 Å². The van der Waals surface area contributed by atoms with E-state index in [0.29, 0.717) is 0 Å². The number of allylic oxidation sites excluding steroid dienone is 1. The maximum absolute atomic E-state index is 3.25. The van der Waals surface area contributed by atoms with Crippen LogP contribution in [0.4, 0.5) is 0 Å². The van der Waals surface area contributed by atoms with Crippen molar-refractivity contribution in [1.29, 1.82) is 0 Å². The number of hydrogen-bond acceptors (Lipinski definition) is 0. The van der Waals surface area contributed by atoms with Crippen molar-refractivity contribution in [2.24, 2.45) is 0 Å². The molecular weight excluding hydrogens is 96.4 g/mol. The van der Waals surface area contributed by atoms with Crippen LogP contribution in [0.5, 0.6) is 0 Å². The third-order valence-corrected chi connectivity index (χ3v) is 0. The first kappa shape index (κ1) is 15.7. The third kappa shape index (κ3) is 863. The predicted molar refractivity (Wildman–Crippen MR) is 37.0 cm³/mol. The summed E-state index contributed by atoms with van der Waals surface area (Å²) in [5, 5.41) is 0. The van der Waals surface area contributed by atoms with Crippen LogP contribution in [0.2, 0.25) is 0 Å². The monoisotopic (exact) mass is 108 g/mol. The Morgan fingerprint density at radius 3 is 1.57 bits per heavy atom. The van der Waals surface area contributed by atoms with Crippen LogP contribution in [0.3, 0.4) is 0 Å². The molecule has 7 heavy (non-hydrogen) atoms. The number of hydrogen-bond donors (Lipinski definition) is 0. The van der Waals surface area contributed by atoms with Crippen molar-refractivity contribution in [3.8, 4) is 0 Å². The van der Waals surface area contributed by atoms with E-state index >= 15 is 0 Å². The van der Waals surface area contributed by atoms with Crippen molar-refractivity contribution >= 4 is 23.1 Å². The van der Waals surface area contributed by atoms with Gasteiger partial charge in [-0.25, -0.2) is 19.6 Å². The summed E-state index contributed by atoms with van der Waals surface area (Å²) in [5.74, 6) is 0. The van der Waals surface area contributed by atoms with Crippen LogP contribution in [0, 0.1) is 13.3 Å². The van der Waals surface area contributed by atoms with Gasteiger partial charge in [0.1, 0.15) is 0 Å². The summed E-state index contributed by atoms with van der Waals surface area (Å²) in [6, 6.07) is 0. The smallest absolute Gasteiger partial charge is 0.335 e. The Bertz CT molecular complexity index is 18.1. The zero-order valence-electron chi connectivity index (χ0n) is 5.28. The summed E-state index contributed by atoms with van der Waals surface area (Å²) < 4.78 is 0. The van der Waals surface area contributed by atoms with E-state index in [-0.39, 0.29) is 23.1 Å². The first-order chi connectivity index (χ1) is 2.83. The molecule has 0 atom stereocenters. The second-order valence-corrected chi connectivity index (χ2v) is 0.866. The van der Waals surface area contributed by atoms with E-state index in [9.17, 15) is 0 Å². The van der Waals surface area contributed by atoms with Crippen molar-refractivity contribution in [3.05, 3.63) is 26.0 Å². The van der Waals surface area contributed by atoms with Crippen LogP contribution in [0.15, 0.2) is 12.7 Å². The van der Waals surface area contributed by atoms with Gasteiger partial charge in [0.25, 0.3) is 0 Å². The Balaban J connectivity index is -0.0000000400. The molecule has 0 bridgehead atoms. The Hall–Kier alpha value is 0.376. The first-order valence-electron chi connectivity index (χ1n) is 1.97. The summed E-state index contributed by atoms with van der Waals surface area (Å²) in [7, 11) is 0. The largest absolute Gasteiger partial charge is 2.00 e. The molecule has 0 saturated carbocycles. The molecule has 0 aliphatic carbocycles. The normalized spacial score (nSPS) is 4.29. The third-order valence-electron chi connectivity index (χ3n) is 0. The molecule has 0 aromatic carbocycles. The summed E-state index contributed by atoms with van der Waals surface area (Å²) in [6.45, 7) is 10.5. The predicted octanol–water partition coefficient (Wildman–Crippen LogP) is 1.86. The molecule has 0 aromatic heterocycles. The average molecular weight is 108 g/mol. The molecule has 0 fully saturated rings. The fourth-order valence-corrected chi connectivity index (χ4v) is 0. The van der Waals surface area contributed by atoms with E-state index in [1.165, 1.54) is 6.08 Å². The van der Waals surface area contributed by atoms with Crippen molar-refractivity contribution in [2.75, 3.05) is 0 Å². The van der Waals surface area contributed by atoms with E-state index in [1.807, 2.05) is 20.3 Å². The van der Waals surface area contributed by atoms with E-state index in [0.717, 1.165) is 0 Å². The molecule has 0 rings (SSSR count). The molecule has 0 aliphatic heterocycles. The van der Waals surface area contributed by atoms with Gasteiger partial charge in [0.05, 0.1) is 0 Å². The maximum atomic E-state index is 3.25. The molecule has 0 aromatic rings. The fourth-order valence-electron chi connectivity index (χ4n) is 0. The Morgan fingerprint density at radius 1 is 1.57 bits per heavy atom. The van der Waals surface area contributed by atoms with Crippen LogP contribution in [-0.4, -0.2) is 23.1 Å². The van der Waals surface area contributed by atoms with Crippen molar-refractivity contribution in [3.63, 3.8) is 0 Å². The fraction of sp³-hybridized carbons (Fsp3) is 0.333. The zero-order valence-corrected chi connectivity index (χ0v) is 6.69. The van der Waals surface area contributed by atoms with Gasteiger partial charge >= 0.3 is 23.1 Å². The van der Waals surface area contributed by atoms with Crippen LogP contribution >= 0.6 is 0 Å². The van der Waals surface area contributed by atoms with Gasteiger partial charge in [-0.2, -0.15) is 13.8 Å². The summed E-state index contributed by atoms with van der Waals surface area (Å²) in [5.41, 5.74) is 0. The Kier molecular flexibility index (Phi) is 73.0. The van der Waals surface area contributed by atoms with Crippen molar-refractivity contribution < 1.29 is 0 Å². The molecule has 0 aliphatic rings. The van der Waals surface area contributed by atoms with Gasteiger partial charge in [0.2, 0.25) is 0 Å². The SMILES string of the molecule is C=C[CH2-].C[CH-]C.[Mg+2].